The van der Waals surface area contributed by atoms with Crippen molar-refractivity contribution in [1.29, 1.82) is 0 Å². The molecule has 3 rings (SSSR count). The van der Waals surface area contributed by atoms with Gasteiger partial charge < -0.3 is 10.2 Å². The Labute approximate surface area is 131 Å². The highest BCUT2D eigenvalue weighted by molar-refractivity contribution is 9.10. The number of pyridine rings is 1. The molecule has 3 N–H and O–H groups in total. The van der Waals surface area contributed by atoms with Crippen LogP contribution in [0, 0.1) is 0 Å². The molecule has 106 valence electrons. The van der Waals surface area contributed by atoms with E-state index in [9.17, 15) is 0 Å². The van der Waals surface area contributed by atoms with Gasteiger partial charge in [-0.2, -0.15) is 0 Å². The summed E-state index contributed by atoms with van der Waals surface area (Å²) in [6, 6.07) is 17.8. The summed E-state index contributed by atoms with van der Waals surface area (Å²) in [7, 11) is 0. The topological polar surface area (TPSA) is 60.2 Å². The van der Waals surface area contributed by atoms with E-state index >= 15 is 0 Å². The van der Waals surface area contributed by atoms with Gasteiger partial charge in [-0.3, -0.25) is 0 Å². The first-order chi connectivity index (χ1) is 10.2. The van der Waals surface area contributed by atoms with E-state index in [4.69, 9.17) is 10.6 Å². The number of nitrogens with one attached hydrogen (secondary N) is 1. The summed E-state index contributed by atoms with van der Waals surface area (Å²) in [4.78, 5) is 4.31. The first-order valence-electron chi connectivity index (χ1n) is 6.49. The third-order valence-electron chi connectivity index (χ3n) is 3.12. The Morgan fingerprint density at radius 2 is 1.86 bits per heavy atom. The summed E-state index contributed by atoms with van der Waals surface area (Å²) in [6.07, 6.45) is 0. The minimum absolute atomic E-state index is 0.400. The Balaban J connectivity index is 1.77. The molecule has 21 heavy (non-hydrogen) atoms. The molecule has 0 aliphatic heterocycles. The van der Waals surface area contributed by atoms with Gasteiger partial charge in [-0.1, -0.05) is 34.1 Å². The molecule has 1 aromatic heterocycles. The summed E-state index contributed by atoms with van der Waals surface area (Å²) in [5.41, 5.74) is 3.34. The van der Waals surface area contributed by atoms with Crippen LogP contribution in [0.25, 0.3) is 10.8 Å². The number of hydrogen-bond acceptors (Lipinski definition) is 4. The highest BCUT2D eigenvalue weighted by atomic mass is 79.9. The first kappa shape index (κ1) is 13.9. The number of aromatic nitrogens is 1. The van der Waals surface area contributed by atoms with E-state index in [1.165, 1.54) is 5.39 Å². The van der Waals surface area contributed by atoms with Crippen LogP contribution < -0.4 is 16.0 Å². The van der Waals surface area contributed by atoms with Crippen molar-refractivity contribution < 1.29 is 4.74 Å². The fourth-order valence-electron chi connectivity index (χ4n) is 2.08. The number of benzene rings is 2. The monoisotopic (exact) mass is 343 g/mol. The van der Waals surface area contributed by atoms with Gasteiger partial charge in [0.2, 0.25) is 0 Å². The third kappa shape index (κ3) is 3.32. The fourth-order valence-corrected chi connectivity index (χ4v) is 2.46. The zero-order valence-corrected chi connectivity index (χ0v) is 12.8. The molecule has 0 unspecified atom stereocenters. The Kier molecular flexibility index (Phi) is 4.03. The highest BCUT2D eigenvalue weighted by Crippen LogP contribution is 2.24. The lowest BCUT2D eigenvalue weighted by Crippen LogP contribution is -2.09. The van der Waals surface area contributed by atoms with E-state index in [1.54, 1.807) is 6.07 Å². The molecule has 0 aliphatic carbocycles. The van der Waals surface area contributed by atoms with Gasteiger partial charge in [0.1, 0.15) is 18.2 Å². The molecular formula is C16H14BrN3O. The lowest BCUT2D eigenvalue weighted by atomic mass is 10.1. The van der Waals surface area contributed by atoms with Gasteiger partial charge in [0.25, 0.3) is 0 Å². The molecular weight excluding hydrogens is 330 g/mol. The second-order valence-electron chi connectivity index (χ2n) is 4.60. The van der Waals surface area contributed by atoms with E-state index in [2.05, 4.69) is 38.5 Å². The van der Waals surface area contributed by atoms with E-state index in [1.807, 2.05) is 36.4 Å². The minimum Gasteiger partial charge on any atom is -0.487 e. The summed E-state index contributed by atoms with van der Waals surface area (Å²) in [5, 5.41) is 2.31. The number of nitrogen functional groups attached to an aromatic ring is 1. The molecule has 0 saturated carbocycles. The molecule has 4 nitrogen and oxygen atoms in total. The fraction of sp³-hybridized carbons (Fsp3) is 0.0625. The van der Waals surface area contributed by atoms with E-state index < -0.39 is 0 Å². The van der Waals surface area contributed by atoms with E-state index in [0.29, 0.717) is 12.4 Å². The predicted molar refractivity (Wildman–Crippen MR) is 88.0 cm³/mol. The van der Waals surface area contributed by atoms with Crippen LogP contribution in [-0.2, 0) is 6.61 Å². The number of ether oxygens (including phenoxy) is 1. The number of hydrazine groups is 1. The minimum atomic E-state index is 0.400. The summed E-state index contributed by atoms with van der Waals surface area (Å²) >= 11 is 3.47. The van der Waals surface area contributed by atoms with Crippen LogP contribution in [0.2, 0.25) is 0 Å². The largest absolute Gasteiger partial charge is 0.487 e. The zero-order chi connectivity index (χ0) is 14.7. The Hall–Kier alpha value is -2.11. The smallest absolute Gasteiger partial charge is 0.140 e. The van der Waals surface area contributed by atoms with Crippen molar-refractivity contribution in [2.45, 2.75) is 6.61 Å². The van der Waals surface area contributed by atoms with Crippen molar-refractivity contribution in [3.05, 3.63) is 64.8 Å². The lowest BCUT2D eigenvalue weighted by molar-refractivity contribution is 0.302. The van der Waals surface area contributed by atoms with Crippen LogP contribution in [0.3, 0.4) is 0 Å². The Bertz CT molecular complexity index is 776. The number of rotatable bonds is 4. The summed E-state index contributed by atoms with van der Waals surface area (Å²) in [6.45, 7) is 0.400. The van der Waals surface area contributed by atoms with Gasteiger partial charge in [0, 0.05) is 4.47 Å². The number of nitrogens with two attached hydrogens (primary N) is 1. The summed E-state index contributed by atoms with van der Waals surface area (Å²) in [5.74, 6) is 6.79. The number of anilines is 1. The second kappa shape index (κ2) is 6.11. The number of hydrogen-bond donors (Lipinski definition) is 2. The van der Waals surface area contributed by atoms with Crippen molar-refractivity contribution in [3.8, 4) is 5.75 Å². The van der Waals surface area contributed by atoms with Crippen molar-refractivity contribution in [2.24, 2.45) is 5.84 Å². The Morgan fingerprint density at radius 1 is 1.05 bits per heavy atom. The molecule has 0 saturated heterocycles. The molecule has 5 heteroatoms. The number of fused-ring (bicyclic) bond motifs is 1. The standard InChI is InChI=1S/C16H14BrN3O/c17-13-6-4-12-9-15(7-5-11(12)8-13)21-10-14-2-1-3-16(19-14)20-18/h1-9H,10,18H2,(H,19,20). The Morgan fingerprint density at radius 3 is 2.71 bits per heavy atom. The lowest BCUT2D eigenvalue weighted by Gasteiger charge is -2.08. The quantitative estimate of drug-likeness (QED) is 0.557. The van der Waals surface area contributed by atoms with Crippen LogP contribution in [0.5, 0.6) is 5.75 Å². The van der Waals surface area contributed by atoms with Gasteiger partial charge in [-0.05, 0) is 47.2 Å². The zero-order valence-electron chi connectivity index (χ0n) is 11.2. The summed E-state index contributed by atoms with van der Waals surface area (Å²) < 4.78 is 6.86. The number of nitrogens with zero attached hydrogens (tertiary/aromatic N) is 1. The van der Waals surface area contributed by atoms with Crippen molar-refractivity contribution >= 4 is 32.5 Å². The van der Waals surface area contributed by atoms with Crippen LogP contribution in [0.4, 0.5) is 5.82 Å². The van der Waals surface area contributed by atoms with Gasteiger partial charge >= 0.3 is 0 Å². The first-order valence-corrected chi connectivity index (χ1v) is 7.28. The predicted octanol–water partition coefficient (Wildman–Crippen LogP) is 3.86. The van der Waals surface area contributed by atoms with Gasteiger partial charge in [-0.15, -0.1) is 0 Å². The average molecular weight is 344 g/mol. The number of halogens is 1. The molecule has 0 fully saturated rings. The van der Waals surface area contributed by atoms with E-state index in [-0.39, 0.29) is 0 Å². The normalized spacial score (nSPS) is 10.6. The highest BCUT2D eigenvalue weighted by Gasteiger charge is 2.01. The molecule has 1 heterocycles. The third-order valence-corrected chi connectivity index (χ3v) is 3.61. The molecule has 0 radical (unpaired) electrons. The molecule has 2 aromatic carbocycles. The van der Waals surface area contributed by atoms with Gasteiger partial charge in [-0.25, -0.2) is 10.8 Å². The second-order valence-corrected chi connectivity index (χ2v) is 5.52. The molecule has 0 bridgehead atoms. The van der Waals surface area contributed by atoms with Crippen molar-refractivity contribution in [3.63, 3.8) is 0 Å². The molecule has 0 atom stereocenters. The molecule has 0 spiro atoms. The maximum absolute atomic E-state index is 5.79. The van der Waals surface area contributed by atoms with Crippen LogP contribution >= 0.6 is 15.9 Å². The SMILES string of the molecule is NNc1cccc(COc2ccc3cc(Br)ccc3c2)n1. The average Bonchev–Trinajstić information content (AvgIpc) is 2.53. The van der Waals surface area contributed by atoms with Crippen molar-refractivity contribution in [1.82, 2.24) is 4.98 Å². The van der Waals surface area contributed by atoms with Gasteiger partial charge in [0.15, 0.2) is 0 Å². The van der Waals surface area contributed by atoms with E-state index in [0.717, 1.165) is 21.3 Å². The van der Waals surface area contributed by atoms with Crippen LogP contribution in [-0.4, -0.2) is 4.98 Å². The molecule has 3 aromatic rings. The molecule has 0 aliphatic rings. The molecule has 0 amide bonds. The maximum Gasteiger partial charge on any atom is 0.140 e. The van der Waals surface area contributed by atoms with Crippen LogP contribution in [0.15, 0.2) is 59.1 Å². The van der Waals surface area contributed by atoms with Crippen LogP contribution in [0.1, 0.15) is 5.69 Å². The maximum atomic E-state index is 5.79. The van der Waals surface area contributed by atoms with Crippen molar-refractivity contribution in [2.75, 3.05) is 5.43 Å². The van der Waals surface area contributed by atoms with Gasteiger partial charge in [0.05, 0.1) is 5.69 Å².